The van der Waals surface area contributed by atoms with E-state index in [0.29, 0.717) is 23.6 Å². The Labute approximate surface area is 175 Å². The van der Waals surface area contributed by atoms with Crippen molar-refractivity contribution in [2.24, 2.45) is 0 Å². The van der Waals surface area contributed by atoms with Gasteiger partial charge < -0.3 is 10.2 Å². The zero-order valence-corrected chi connectivity index (χ0v) is 17.0. The second-order valence-corrected chi connectivity index (χ2v) is 7.46. The highest BCUT2D eigenvalue weighted by Gasteiger charge is 2.21. The Morgan fingerprint density at radius 1 is 1.10 bits per heavy atom. The number of aryl methyl sites for hydroxylation is 1. The highest BCUT2D eigenvalue weighted by Crippen LogP contribution is 2.30. The molecule has 6 heteroatoms. The standard InChI is InChI=1S/C24H23FN4O/c1-16-9-12-26-14-20(16)24(30)28-19-7-5-18(6-8-19)21-15-29(13-10-17(21)2)23-22(25)4-3-11-27-23/h3-9,11-12,14H,10,13,15H2,1-2H3,(H,28,30). The van der Waals surface area contributed by atoms with Crippen molar-refractivity contribution < 1.29 is 9.18 Å². The van der Waals surface area contributed by atoms with Gasteiger partial charge in [-0.3, -0.25) is 9.78 Å². The average Bonchev–Trinajstić information content (AvgIpc) is 2.75. The quantitative estimate of drug-likeness (QED) is 0.677. The van der Waals surface area contributed by atoms with E-state index in [1.807, 2.05) is 42.2 Å². The lowest BCUT2D eigenvalue weighted by Gasteiger charge is -2.31. The van der Waals surface area contributed by atoms with E-state index in [9.17, 15) is 9.18 Å². The van der Waals surface area contributed by atoms with Crippen molar-refractivity contribution in [2.75, 3.05) is 23.3 Å². The monoisotopic (exact) mass is 402 g/mol. The van der Waals surface area contributed by atoms with E-state index in [2.05, 4.69) is 22.2 Å². The van der Waals surface area contributed by atoms with Crippen molar-refractivity contribution in [3.63, 3.8) is 0 Å². The van der Waals surface area contributed by atoms with E-state index >= 15 is 0 Å². The molecule has 0 saturated carbocycles. The third-order valence-corrected chi connectivity index (χ3v) is 5.43. The molecule has 0 bridgehead atoms. The summed E-state index contributed by atoms with van der Waals surface area (Å²) in [6, 6.07) is 12.6. The minimum atomic E-state index is -0.305. The van der Waals surface area contributed by atoms with Crippen LogP contribution >= 0.6 is 0 Å². The van der Waals surface area contributed by atoms with E-state index in [1.165, 1.54) is 11.6 Å². The molecule has 0 unspecified atom stereocenters. The largest absolute Gasteiger partial charge is 0.350 e. The molecule has 0 atom stereocenters. The number of hydrogen-bond acceptors (Lipinski definition) is 4. The van der Waals surface area contributed by atoms with Crippen LogP contribution in [0, 0.1) is 12.7 Å². The number of hydrogen-bond donors (Lipinski definition) is 1. The first-order valence-electron chi connectivity index (χ1n) is 9.89. The van der Waals surface area contributed by atoms with Crippen LogP contribution in [-0.4, -0.2) is 29.0 Å². The first kappa shape index (κ1) is 19.8. The molecule has 0 fully saturated rings. The van der Waals surface area contributed by atoms with Crippen LogP contribution in [0.5, 0.6) is 0 Å². The topological polar surface area (TPSA) is 58.1 Å². The number of amides is 1. The summed E-state index contributed by atoms with van der Waals surface area (Å²) < 4.78 is 14.2. The van der Waals surface area contributed by atoms with E-state index < -0.39 is 0 Å². The number of benzene rings is 1. The number of anilines is 2. The maximum Gasteiger partial charge on any atom is 0.257 e. The van der Waals surface area contributed by atoms with Gasteiger partial charge >= 0.3 is 0 Å². The van der Waals surface area contributed by atoms with E-state index in [0.717, 1.165) is 29.7 Å². The highest BCUT2D eigenvalue weighted by atomic mass is 19.1. The summed E-state index contributed by atoms with van der Waals surface area (Å²) in [5.74, 6) is -0.100. The van der Waals surface area contributed by atoms with E-state index in [1.54, 1.807) is 24.7 Å². The molecule has 3 aromatic rings. The normalized spacial score (nSPS) is 14.0. The van der Waals surface area contributed by atoms with Gasteiger partial charge in [0, 0.05) is 37.4 Å². The molecule has 2 aromatic heterocycles. The fourth-order valence-corrected chi connectivity index (χ4v) is 3.64. The highest BCUT2D eigenvalue weighted by molar-refractivity contribution is 6.05. The molecule has 1 aliphatic heterocycles. The minimum absolute atomic E-state index is 0.182. The number of carbonyl (C=O) groups is 1. The molecular formula is C24H23FN4O. The summed E-state index contributed by atoms with van der Waals surface area (Å²) in [5, 5.41) is 2.92. The van der Waals surface area contributed by atoms with Gasteiger partial charge in [-0.1, -0.05) is 17.7 Å². The predicted molar refractivity (Wildman–Crippen MR) is 117 cm³/mol. The van der Waals surface area contributed by atoms with Crippen LogP contribution in [0.25, 0.3) is 5.57 Å². The Bertz CT molecular complexity index is 1110. The van der Waals surface area contributed by atoms with Crippen molar-refractivity contribution in [3.05, 3.63) is 89.1 Å². The number of carbonyl (C=O) groups excluding carboxylic acids is 1. The first-order chi connectivity index (χ1) is 14.5. The lowest BCUT2D eigenvalue weighted by atomic mass is 9.94. The Morgan fingerprint density at radius 3 is 2.63 bits per heavy atom. The van der Waals surface area contributed by atoms with E-state index in [-0.39, 0.29) is 11.7 Å². The van der Waals surface area contributed by atoms with Crippen LogP contribution in [0.2, 0.25) is 0 Å². The minimum Gasteiger partial charge on any atom is -0.350 e. The zero-order valence-electron chi connectivity index (χ0n) is 17.0. The predicted octanol–water partition coefficient (Wildman–Crippen LogP) is 4.86. The Kier molecular flexibility index (Phi) is 5.57. The van der Waals surface area contributed by atoms with Crippen LogP contribution in [-0.2, 0) is 0 Å². The molecule has 0 radical (unpaired) electrons. The van der Waals surface area contributed by atoms with Gasteiger partial charge in [-0.05, 0) is 67.3 Å². The van der Waals surface area contributed by atoms with Crippen molar-refractivity contribution in [1.82, 2.24) is 9.97 Å². The Hall–Kier alpha value is -3.54. The van der Waals surface area contributed by atoms with Gasteiger partial charge in [-0.15, -0.1) is 0 Å². The number of halogens is 1. The summed E-state index contributed by atoms with van der Waals surface area (Å²) in [6.45, 7) is 5.33. The maximum absolute atomic E-state index is 14.2. The van der Waals surface area contributed by atoms with Crippen molar-refractivity contribution in [1.29, 1.82) is 0 Å². The molecule has 0 aliphatic carbocycles. The summed E-state index contributed by atoms with van der Waals surface area (Å²) in [4.78, 5) is 22.7. The second-order valence-electron chi connectivity index (χ2n) is 7.46. The van der Waals surface area contributed by atoms with Crippen molar-refractivity contribution in [3.8, 4) is 0 Å². The van der Waals surface area contributed by atoms with Gasteiger partial charge in [0.1, 0.15) is 0 Å². The SMILES string of the molecule is CC1=C(c2ccc(NC(=O)c3cnccc3C)cc2)CN(c2ncccc2F)CC1. The number of nitrogens with one attached hydrogen (secondary N) is 1. The smallest absolute Gasteiger partial charge is 0.257 e. The van der Waals surface area contributed by atoms with Gasteiger partial charge in [-0.2, -0.15) is 0 Å². The van der Waals surface area contributed by atoms with Crippen LogP contribution in [0.15, 0.2) is 66.6 Å². The molecule has 1 amide bonds. The molecule has 1 aromatic carbocycles. The summed E-state index contributed by atoms with van der Waals surface area (Å²) >= 11 is 0. The molecule has 3 heterocycles. The first-order valence-corrected chi connectivity index (χ1v) is 9.89. The molecule has 1 aliphatic rings. The van der Waals surface area contributed by atoms with Crippen molar-refractivity contribution >= 4 is 23.0 Å². The number of nitrogens with zero attached hydrogens (tertiary/aromatic N) is 3. The molecule has 5 nitrogen and oxygen atoms in total. The third-order valence-electron chi connectivity index (χ3n) is 5.43. The van der Waals surface area contributed by atoms with Gasteiger partial charge in [0.25, 0.3) is 5.91 Å². The van der Waals surface area contributed by atoms with E-state index in [4.69, 9.17) is 0 Å². The summed E-state index contributed by atoms with van der Waals surface area (Å²) in [7, 11) is 0. The lowest BCUT2D eigenvalue weighted by Crippen LogP contribution is -2.32. The molecule has 4 rings (SSSR count). The second kappa shape index (κ2) is 8.45. The van der Waals surface area contributed by atoms with Gasteiger partial charge in [0.05, 0.1) is 5.56 Å². The summed E-state index contributed by atoms with van der Waals surface area (Å²) in [5.41, 5.74) is 5.65. The third kappa shape index (κ3) is 4.08. The number of aromatic nitrogens is 2. The number of pyridine rings is 2. The maximum atomic E-state index is 14.2. The van der Waals surface area contributed by atoms with Crippen LogP contribution in [0.4, 0.5) is 15.9 Å². The van der Waals surface area contributed by atoms with Crippen LogP contribution in [0.1, 0.15) is 34.8 Å². The van der Waals surface area contributed by atoms with Gasteiger partial charge in [-0.25, -0.2) is 9.37 Å². The molecular weight excluding hydrogens is 379 g/mol. The van der Waals surface area contributed by atoms with Crippen molar-refractivity contribution in [2.45, 2.75) is 20.3 Å². The Balaban J connectivity index is 1.51. The van der Waals surface area contributed by atoms with Crippen LogP contribution in [0.3, 0.4) is 0 Å². The fraction of sp³-hybridized carbons (Fsp3) is 0.208. The Morgan fingerprint density at radius 2 is 1.90 bits per heavy atom. The lowest BCUT2D eigenvalue weighted by molar-refractivity contribution is 0.102. The molecule has 30 heavy (non-hydrogen) atoms. The summed E-state index contributed by atoms with van der Waals surface area (Å²) in [6.07, 6.45) is 5.71. The van der Waals surface area contributed by atoms with Crippen LogP contribution < -0.4 is 10.2 Å². The average molecular weight is 402 g/mol. The number of rotatable bonds is 4. The fourth-order valence-electron chi connectivity index (χ4n) is 3.64. The van der Waals surface area contributed by atoms with Gasteiger partial charge in [0.15, 0.2) is 11.6 Å². The molecule has 0 spiro atoms. The molecule has 152 valence electrons. The molecule has 1 N–H and O–H groups in total. The zero-order chi connectivity index (χ0) is 21.1. The van der Waals surface area contributed by atoms with Gasteiger partial charge in [0.2, 0.25) is 0 Å². The molecule has 0 saturated heterocycles.